The molecule has 0 unspecified atom stereocenters. The maximum atomic E-state index is 13.6. The second kappa shape index (κ2) is 9.21. The summed E-state index contributed by atoms with van der Waals surface area (Å²) in [4.78, 5) is 30.1. The molecule has 5 nitrogen and oxygen atoms in total. The molecule has 2 heterocycles. The van der Waals surface area contributed by atoms with Crippen molar-refractivity contribution in [3.8, 4) is 5.69 Å². The fraction of sp³-hybridized carbons (Fsp3) is 0. The number of hydrogen-bond acceptors (Lipinski definition) is 3. The van der Waals surface area contributed by atoms with Crippen LogP contribution in [0.15, 0.2) is 113 Å². The number of halogens is 1. The number of rotatable bonds is 4. The summed E-state index contributed by atoms with van der Waals surface area (Å²) in [7, 11) is 0. The van der Waals surface area contributed by atoms with E-state index in [1.54, 1.807) is 30.3 Å². The van der Waals surface area contributed by atoms with Gasteiger partial charge in [-0.2, -0.15) is 0 Å². The van der Waals surface area contributed by atoms with Crippen LogP contribution < -0.4 is 9.80 Å². The first kappa shape index (κ1) is 22.0. The number of benzene rings is 3. The van der Waals surface area contributed by atoms with Crippen molar-refractivity contribution in [3.63, 3.8) is 0 Å². The van der Waals surface area contributed by atoms with Crippen molar-refractivity contribution < 1.29 is 9.59 Å². The van der Waals surface area contributed by atoms with Gasteiger partial charge in [-0.25, -0.2) is 0 Å². The summed E-state index contributed by atoms with van der Waals surface area (Å²) in [6, 6.07) is 29.8. The molecule has 3 aromatic carbocycles. The molecule has 34 heavy (non-hydrogen) atoms. The molecule has 1 aromatic heterocycles. The van der Waals surface area contributed by atoms with E-state index in [0.717, 1.165) is 10.2 Å². The van der Waals surface area contributed by atoms with Crippen LogP contribution in [0.3, 0.4) is 0 Å². The Morgan fingerprint density at radius 1 is 0.647 bits per heavy atom. The van der Waals surface area contributed by atoms with Crippen molar-refractivity contribution in [2.75, 3.05) is 9.80 Å². The van der Waals surface area contributed by atoms with Gasteiger partial charge in [-0.1, -0.05) is 52.3 Å². The Morgan fingerprint density at radius 3 is 1.71 bits per heavy atom. The lowest BCUT2D eigenvalue weighted by molar-refractivity contribution is -0.120. The number of amides is 2. The van der Waals surface area contributed by atoms with E-state index in [9.17, 15) is 9.59 Å². The molecule has 1 aliphatic heterocycles. The number of nitrogens with zero attached hydrogens (tertiary/aromatic N) is 3. The van der Waals surface area contributed by atoms with Gasteiger partial charge >= 0.3 is 0 Å². The zero-order valence-corrected chi connectivity index (χ0v) is 20.2. The third-order valence-electron chi connectivity index (χ3n) is 5.46. The number of para-hydroxylation sites is 2. The number of hydrogen-bond donors (Lipinski definition) is 0. The van der Waals surface area contributed by atoms with Crippen LogP contribution in [-0.4, -0.2) is 21.5 Å². The average Bonchev–Trinajstić information content (AvgIpc) is 3.32. The van der Waals surface area contributed by atoms with Crippen LogP contribution in [0.25, 0.3) is 11.8 Å². The van der Waals surface area contributed by atoms with E-state index in [4.69, 9.17) is 12.2 Å². The van der Waals surface area contributed by atoms with Gasteiger partial charge in [-0.05, 0) is 79.0 Å². The van der Waals surface area contributed by atoms with Gasteiger partial charge in [-0.3, -0.25) is 19.4 Å². The highest BCUT2D eigenvalue weighted by atomic mass is 79.9. The summed E-state index contributed by atoms with van der Waals surface area (Å²) in [5.41, 5.74) is 2.83. The van der Waals surface area contributed by atoms with E-state index in [0.29, 0.717) is 17.1 Å². The molecule has 166 valence electrons. The summed E-state index contributed by atoms with van der Waals surface area (Å²) in [6.45, 7) is 0. The molecule has 7 heteroatoms. The van der Waals surface area contributed by atoms with Crippen molar-refractivity contribution in [1.29, 1.82) is 0 Å². The van der Waals surface area contributed by atoms with Crippen LogP contribution in [0, 0.1) is 0 Å². The second-order valence-electron chi connectivity index (χ2n) is 7.57. The van der Waals surface area contributed by atoms with E-state index in [1.165, 1.54) is 9.80 Å². The molecular weight excluding hydrogens is 510 g/mol. The van der Waals surface area contributed by atoms with Gasteiger partial charge in [0.1, 0.15) is 5.57 Å². The van der Waals surface area contributed by atoms with E-state index >= 15 is 0 Å². The normalized spacial score (nSPS) is 14.0. The van der Waals surface area contributed by atoms with Gasteiger partial charge < -0.3 is 4.57 Å². The summed E-state index contributed by atoms with van der Waals surface area (Å²) in [6.07, 6.45) is 3.52. The molecule has 0 aliphatic carbocycles. The summed E-state index contributed by atoms with van der Waals surface area (Å²) >= 11 is 9.11. The van der Waals surface area contributed by atoms with Crippen LogP contribution >= 0.6 is 28.1 Å². The van der Waals surface area contributed by atoms with Crippen molar-refractivity contribution in [1.82, 2.24) is 4.57 Å². The van der Waals surface area contributed by atoms with Gasteiger partial charge in [0.15, 0.2) is 5.11 Å². The summed E-state index contributed by atoms with van der Waals surface area (Å²) in [5.74, 6) is -0.922. The third kappa shape index (κ3) is 4.00. The molecule has 0 N–H and O–H groups in total. The Hall–Kier alpha value is -3.81. The van der Waals surface area contributed by atoms with Crippen LogP contribution in [0.4, 0.5) is 11.4 Å². The Morgan fingerprint density at radius 2 is 1.18 bits per heavy atom. The molecule has 4 aromatic rings. The zero-order valence-electron chi connectivity index (χ0n) is 17.8. The minimum absolute atomic E-state index is 0.0263. The van der Waals surface area contributed by atoms with Gasteiger partial charge in [0, 0.05) is 22.1 Å². The summed E-state index contributed by atoms with van der Waals surface area (Å²) < 4.78 is 2.89. The van der Waals surface area contributed by atoms with Crippen LogP contribution in [0.5, 0.6) is 0 Å². The van der Waals surface area contributed by atoms with Gasteiger partial charge in [-0.15, -0.1) is 0 Å². The molecule has 1 aliphatic rings. The second-order valence-corrected chi connectivity index (χ2v) is 8.85. The fourth-order valence-corrected chi connectivity index (χ4v) is 4.48. The number of carbonyl (C=O) groups is 2. The topological polar surface area (TPSA) is 45.6 Å². The molecule has 1 saturated heterocycles. The SMILES string of the molecule is O=C1C(=Cc2cccn2-c2ccc(Br)cc2)C(=O)N(c2ccccc2)C(=S)N1c1ccccc1. The molecule has 0 radical (unpaired) electrons. The predicted molar refractivity (Wildman–Crippen MR) is 142 cm³/mol. The van der Waals surface area contributed by atoms with Gasteiger partial charge in [0.2, 0.25) is 0 Å². The molecule has 0 bridgehead atoms. The van der Waals surface area contributed by atoms with Crippen molar-refractivity contribution in [2.24, 2.45) is 0 Å². The largest absolute Gasteiger partial charge is 0.317 e. The third-order valence-corrected chi connectivity index (χ3v) is 6.35. The van der Waals surface area contributed by atoms with Crippen LogP contribution in [-0.2, 0) is 9.59 Å². The maximum Gasteiger partial charge on any atom is 0.270 e. The summed E-state index contributed by atoms with van der Waals surface area (Å²) in [5, 5.41) is 0.118. The Balaban J connectivity index is 1.64. The highest BCUT2D eigenvalue weighted by molar-refractivity contribution is 9.10. The number of anilines is 2. The lowest BCUT2D eigenvalue weighted by Crippen LogP contribution is -2.56. The maximum absolute atomic E-state index is 13.6. The monoisotopic (exact) mass is 527 g/mol. The average molecular weight is 528 g/mol. The standard InChI is InChI=1S/C27H18BrN3O2S/c28-19-13-15-20(16-14-19)29-17-7-12-23(29)18-24-25(32)30(21-8-3-1-4-9-21)27(34)31(26(24)33)22-10-5-2-6-11-22/h1-18H. The van der Waals surface area contributed by atoms with Crippen molar-refractivity contribution in [2.45, 2.75) is 0 Å². The van der Waals surface area contributed by atoms with Crippen LogP contribution in [0.1, 0.15) is 5.69 Å². The van der Waals surface area contributed by atoms with Crippen molar-refractivity contribution >= 4 is 62.5 Å². The predicted octanol–water partition coefficient (Wildman–Crippen LogP) is 5.99. The van der Waals surface area contributed by atoms with E-state index in [-0.39, 0.29) is 10.7 Å². The molecule has 0 saturated carbocycles. The highest BCUT2D eigenvalue weighted by Crippen LogP contribution is 2.30. The molecule has 0 atom stereocenters. The van der Waals surface area contributed by atoms with E-state index in [2.05, 4.69) is 15.9 Å². The Kier molecular flexibility index (Phi) is 5.96. The number of carbonyl (C=O) groups excluding carboxylic acids is 2. The molecule has 2 amide bonds. The first-order valence-electron chi connectivity index (χ1n) is 10.5. The van der Waals surface area contributed by atoms with E-state index in [1.807, 2.05) is 83.6 Å². The van der Waals surface area contributed by atoms with Gasteiger partial charge in [0.25, 0.3) is 11.8 Å². The minimum atomic E-state index is -0.461. The molecule has 1 fully saturated rings. The Labute approximate surface area is 210 Å². The molecule has 0 spiro atoms. The number of thiocarbonyl (C=S) groups is 1. The van der Waals surface area contributed by atoms with Crippen LogP contribution in [0.2, 0.25) is 0 Å². The fourth-order valence-electron chi connectivity index (χ4n) is 3.84. The van der Waals surface area contributed by atoms with Gasteiger partial charge in [0.05, 0.1) is 11.4 Å². The Bertz CT molecular complexity index is 1350. The first-order chi connectivity index (χ1) is 16.5. The molecule has 5 rings (SSSR count). The zero-order chi connectivity index (χ0) is 23.7. The van der Waals surface area contributed by atoms with Crippen molar-refractivity contribution in [3.05, 3.63) is 119 Å². The van der Waals surface area contributed by atoms with E-state index < -0.39 is 11.8 Å². The highest BCUT2D eigenvalue weighted by Gasteiger charge is 2.41. The smallest absolute Gasteiger partial charge is 0.270 e. The minimum Gasteiger partial charge on any atom is -0.317 e. The first-order valence-corrected chi connectivity index (χ1v) is 11.7. The quantitative estimate of drug-likeness (QED) is 0.186. The lowest BCUT2D eigenvalue weighted by atomic mass is 10.1. The number of aromatic nitrogens is 1. The lowest BCUT2D eigenvalue weighted by Gasteiger charge is -2.36. The molecular formula is C27H18BrN3O2S.